The van der Waals surface area contributed by atoms with Gasteiger partial charge in [-0.2, -0.15) is 0 Å². The van der Waals surface area contributed by atoms with Gasteiger partial charge in [0.25, 0.3) is 0 Å². The van der Waals surface area contributed by atoms with Crippen molar-refractivity contribution in [3.05, 3.63) is 35.9 Å². The monoisotopic (exact) mass is 420 g/mol. The zero-order valence-electron chi connectivity index (χ0n) is 18.6. The van der Waals surface area contributed by atoms with Gasteiger partial charge < -0.3 is 19.5 Å². The van der Waals surface area contributed by atoms with Crippen molar-refractivity contribution in [1.82, 2.24) is 10.2 Å². The van der Waals surface area contributed by atoms with Crippen molar-refractivity contribution in [1.29, 1.82) is 0 Å². The number of ether oxygens (including phenoxy) is 3. The van der Waals surface area contributed by atoms with Crippen LogP contribution in [-0.4, -0.2) is 47.5 Å². The summed E-state index contributed by atoms with van der Waals surface area (Å²) in [4.78, 5) is 38.6. The van der Waals surface area contributed by atoms with Crippen LogP contribution in [0.2, 0.25) is 0 Å². The van der Waals surface area contributed by atoms with Gasteiger partial charge in [0.2, 0.25) is 0 Å². The first kappa shape index (κ1) is 23.5. The minimum Gasteiger partial charge on any atom is -0.444 e. The van der Waals surface area contributed by atoms with E-state index in [1.807, 2.05) is 51.1 Å². The van der Waals surface area contributed by atoms with Crippen molar-refractivity contribution in [3.8, 4) is 0 Å². The maximum atomic E-state index is 12.9. The van der Waals surface area contributed by atoms with E-state index in [1.54, 1.807) is 20.8 Å². The summed E-state index contributed by atoms with van der Waals surface area (Å²) in [7, 11) is 0. The Balaban J connectivity index is 2.05. The van der Waals surface area contributed by atoms with Gasteiger partial charge in [-0.3, -0.25) is 4.90 Å². The molecule has 1 fully saturated rings. The summed E-state index contributed by atoms with van der Waals surface area (Å²) < 4.78 is 16.2. The first-order valence-corrected chi connectivity index (χ1v) is 10.0. The Morgan fingerprint density at radius 2 is 1.73 bits per heavy atom. The third kappa shape index (κ3) is 6.64. The zero-order valence-corrected chi connectivity index (χ0v) is 18.6. The van der Waals surface area contributed by atoms with Crippen molar-refractivity contribution in [2.75, 3.05) is 6.54 Å². The molecule has 0 saturated carbocycles. The highest BCUT2D eigenvalue weighted by Gasteiger charge is 2.50. The number of amides is 2. The Kier molecular flexibility index (Phi) is 7.34. The van der Waals surface area contributed by atoms with Crippen LogP contribution in [0.1, 0.15) is 53.5 Å². The van der Waals surface area contributed by atoms with Gasteiger partial charge in [-0.1, -0.05) is 51.1 Å². The van der Waals surface area contributed by atoms with Crippen LogP contribution in [0.25, 0.3) is 0 Å². The van der Waals surface area contributed by atoms with Crippen molar-refractivity contribution in [2.24, 2.45) is 5.41 Å². The maximum absolute atomic E-state index is 12.9. The van der Waals surface area contributed by atoms with E-state index in [0.717, 1.165) is 5.56 Å². The molecule has 0 bridgehead atoms. The molecule has 30 heavy (non-hydrogen) atoms. The van der Waals surface area contributed by atoms with E-state index >= 15 is 0 Å². The van der Waals surface area contributed by atoms with Crippen LogP contribution in [0.15, 0.2) is 30.3 Å². The van der Waals surface area contributed by atoms with Gasteiger partial charge in [0.05, 0.1) is 0 Å². The standard InChI is InChI=1S/C22H32N2O6/c1-21(2,3)18-24(20(27)28-14-15-10-8-7-9-11-15)16(17(25)29-18)12-13-23-19(26)30-22(4,5)6/h7-11,16,18H,12-14H2,1-6H3,(H,23,26)/t16-,18-/m0/s1. The van der Waals surface area contributed by atoms with Gasteiger partial charge in [0.15, 0.2) is 6.23 Å². The number of carbonyl (C=O) groups is 3. The second-order valence-corrected chi connectivity index (χ2v) is 9.34. The third-order valence-corrected chi connectivity index (χ3v) is 4.33. The molecule has 8 nitrogen and oxygen atoms in total. The number of carbonyl (C=O) groups excluding carboxylic acids is 3. The van der Waals surface area contributed by atoms with E-state index in [0.29, 0.717) is 0 Å². The lowest BCUT2D eigenvalue weighted by Crippen LogP contribution is -2.49. The Morgan fingerprint density at radius 1 is 1.10 bits per heavy atom. The summed E-state index contributed by atoms with van der Waals surface area (Å²) >= 11 is 0. The summed E-state index contributed by atoms with van der Waals surface area (Å²) in [6.45, 7) is 11.2. The number of hydrogen-bond acceptors (Lipinski definition) is 6. The first-order chi connectivity index (χ1) is 13.9. The van der Waals surface area contributed by atoms with Gasteiger partial charge in [-0.25, -0.2) is 14.4 Å². The minimum atomic E-state index is -0.854. The highest BCUT2D eigenvalue weighted by Crippen LogP contribution is 2.34. The topological polar surface area (TPSA) is 94.2 Å². The molecule has 1 aliphatic heterocycles. The number of rotatable bonds is 5. The number of esters is 1. The second-order valence-electron chi connectivity index (χ2n) is 9.34. The highest BCUT2D eigenvalue weighted by molar-refractivity contribution is 5.84. The number of hydrogen-bond donors (Lipinski definition) is 1. The molecule has 0 spiro atoms. The SMILES string of the molecule is CC(C)(C)OC(=O)NCC[C@H]1C(=O)O[C@@H](C(C)(C)C)N1C(=O)OCc1ccccc1. The van der Waals surface area contributed by atoms with E-state index in [-0.39, 0.29) is 19.6 Å². The molecule has 1 aliphatic rings. The molecule has 0 aromatic heterocycles. The third-order valence-electron chi connectivity index (χ3n) is 4.33. The van der Waals surface area contributed by atoms with Crippen LogP contribution in [0.3, 0.4) is 0 Å². The lowest BCUT2D eigenvalue weighted by molar-refractivity contribution is -0.147. The average molecular weight is 421 g/mol. The summed E-state index contributed by atoms with van der Waals surface area (Å²) in [6.07, 6.45) is -1.79. The van der Waals surface area contributed by atoms with E-state index in [4.69, 9.17) is 14.2 Å². The molecule has 1 N–H and O–H groups in total. The molecular weight excluding hydrogens is 388 g/mol. The molecule has 1 heterocycles. The van der Waals surface area contributed by atoms with Crippen molar-refractivity contribution >= 4 is 18.2 Å². The first-order valence-electron chi connectivity index (χ1n) is 10.0. The molecular formula is C22H32N2O6. The minimum absolute atomic E-state index is 0.0874. The van der Waals surface area contributed by atoms with Crippen LogP contribution < -0.4 is 5.32 Å². The fourth-order valence-electron chi connectivity index (χ4n) is 3.02. The van der Waals surface area contributed by atoms with E-state index in [1.165, 1.54) is 4.90 Å². The summed E-state index contributed by atoms with van der Waals surface area (Å²) in [5, 5.41) is 2.61. The Labute approximate surface area is 177 Å². The van der Waals surface area contributed by atoms with Gasteiger partial charge in [0.1, 0.15) is 18.2 Å². The summed E-state index contributed by atoms with van der Waals surface area (Å²) in [6, 6.07) is 8.43. The Bertz CT molecular complexity index is 751. The fourth-order valence-corrected chi connectivity index (χ4v) is 3.02. The van der Waals surface area contributed by atoms with Crippen molar-refractivity contribution < 1.29 is 28.6 Å². The molecule has 0 aliphatic carbocycles. The zero-order chi connectivity index (χ0) is 22.5. The summed E-state index contributed by atoms with van der Waals surface area (Å²) in [5.74, 6) is -0.516. The van der Waals surface area contributed by atoms with Crippen LogP contribution in [0.5, 0.6) is 0 Å². The predicted octanol–water partition coefficient (Wildman–Crippen LogP) is 3.84. The maximum Gasteiger partial charge on any atom is 0.413 e. The highest BCUT2D eigenvalue weighted by atomic mass is 16.6. The molecule has 1 aromatic carbocycles. The molecule has 0 radical (unpaired) electrons. The lowest BCUT2D eigenvalue weighted by atomic mass is 9.93. The van der Waals surface area contributed by atoms with Gasteiger partial charge >= 0.3 is 18.2 Å². The second kappa shape index (κ2) is 9.36. The molecule has 2 amide bonds. The van der Waals surface area contributed by atoms with Crippen molar-refractivity contribution in [3.63, 3.8) is 0 Å². The Hall–Kier alpha value is -2.77. The number of cyclic esters (lactones) is 1. The number of nitrogens with zero attached hydrogens (tertiary/aromatic N) is 1. The van der Waals surface area contributed by atoms with Crippen LogP contribution in [-0.2, 0) is 25.6 Å². The van der Waals surface area contributed by atoms with E-state index < -0.39 is 41.4 Å². The fraction of sp³-hybridized carbons (Fsp3) is 0.591. The normalized spacial score (nSPS) is 19.3. The molecule has 0 unspecified atom stereocenters. The summed E-state index contributed by atoms with van der Waals surface area (Å²) in [5.41, 5.74) is -0.289. The molecule has 1 aromatic rings. The van der Waals surface area contributed by atoms with Gasteiger partial charge in [-0.05, 0) is 32.8 Å². The van der Waals surface area contributed by atoms with E-state index in [9.17, 15) is 14.4 Å². The molecule has 2 atom stereocenters. The Morgan fingerprint density at radius 3 is 2.30 bits per heavy atom. The predicted molar refractivity (Wildman–Crippen MR) is 110 cm³/mol. The van der Waals surface area contributed by atoms with Gasteiger partial charge in [-0.15, -0.1) is 0 Å². The van der Waals surface area contributed by atoms with Gasteiger partial charge in [0, 0.05) is 12.0 Å². The molecule has 2 rings (SSSR count). The largest absolute Gasteiger partial charge is 0.444 e. The lowest BCUT2D eigenvalue weighted by Gasteiger charge is -2.33. The van der Waals surface area contributed by atoms with Crippen LogP contribution >= 0.6 is 0 Å². The van der Waals surface area contributed by atoms with Crippen LogP contribution in [0.4, 0.5) is 9.59 Å². The molecule has 8 heteroatoms. The number of nitrogens with one attached hydrogen (secondary N) is 1. The average Bonchev–Trinajstić information content (AvgIpc) is 2.96. The quantitative estimate of drug-likeness (QED) is 0.575. The van der Waals surface area contributed by atoms with Crippen molar-refractivity contribution in [2.45, 2.75) is 72.4 Å². The molecule has 166 valence electrons. The van der Waals surface area contributed by atoms with E-state index in [2.05, 4.69) is 5.32 Å². The van der Waals surface area contributed by atoms with Crippen LogP contribution in [0, 0.1) is 5.41 Å². The molecule has 1 saturated heterocycles. The smallest absolute Gasteiger partial charge is 0.413 e. The number of alkyl carbamates (subject to hydrolysis) is 1. The number of benzene rings is 1.